The van der Waals surface area contributed by atoms with Gasteiger partial charge in [-0.25, -0.2) is 0 Å². The van der Waals surface area contributed by atoms with Crippen molar-refractivity contribution in [1.29, 1.82) is 0 Å². The molecule has 0 amide bonds. The minimum atomic E-state index is -0.144. The van der Waals surface area contributed by atoms with Crippen molar-refractivity contribution in [2.24, 2.45) is 5.73 Å². The van der Waals surface area contributed by atoms with Gasteiger partial charge in [0.2, 0.25) is 0 Å². The maximum Gasteiger partial charge on any atom is 0.306 e. The van der Waals surface area contributed by atoms with Gasteiger partial charge in [-0.15, -0.1) is 0 Å². The van der Waals surface area contributed by atoms with E-state index < -0.39 is 0 Å². The Morgan fingerprint density at radius 2 is 1.23 bits per heavy atom. The molecule has 0 saturated heterocycles. The molecule has 1 unspecified atom stereocenters. The average molecular weight is 314 g/mol. The molecule has 22 heavy (non-hydrogen) atoms. The van der Waals surface area contributed by atoms with Crippen LogP contribution in [0.5, 0.6) is 0 Å². The summed E-state index contributed by atoms with van der Waals surface area (Å²) in [6, 6.07) is 0. The van der Waals surface area contributed by atoms with Crippen molar-refractivity contribution in [3.8, 4) is 0 Å². The number of rotatable bonds is 16. The molecule has 0 aliphatic rings. The van der Waals surface area contributed by atoms with Crippen molar-refractivity contribution < 1.29 is 9.53 Å². The summed E-state index contributed by atoms with van der Waals surface area (Å²) in [4.78, 5) is 11.4. The molecule has 0 rings (SSSR count). The zero-order valence-corrected chi connectivity index (χ0v) is 15.1. The van der Waals surface area contributed by atoms with E-state index in [0.29, 0.717) is 13.0 Å². The Morgan fingerprint density at radius 3 is 1.64 bits per heavy atom. The van der Waals surface area contributed by atoms with Gasteiger partial charge < -0.3 is 10.5 Å². The summed E-state index contributed by atoms with van der Waals surface area (Å²) in [6.45, 7) is 4.51. The maximum absolute atomic E-state index is 11.4. The predicted octanol–water partition coefficient (Wildman–Crippen LogP) is 5.36. The number of nitrogens with two attached hydrogens (primary N) is 1. The van der Waals surface area contributed by atoms with Gasteiger partial charge in [-0.1, -0.05) is 84.0 Å². The van der Waals surface area contributed by atoms with Gasteiger partial charge in [0, 0.05) is 13.0 Å². The molecule has 0 aliphatic carbocycles. The minimum absolute atomic E-state index is 0.0963. The highest BCUT2D eigenvalue weighted by atomic mass is 16.5. The molecule has 3 nitrogen and oxygen atoms in total. The molecule has 2 N–H and O–H groups in total. The molecule has 0 aromatic heterocycles. The van der Waals surface area contributed by atoms with Gasteiger partial charge in [-0.3, -0.25) is 4.79 Å². The first-order valence-electron chi connectivity index (χ1n) is 9.60. The summed E-state index contributed by atoms with van der Waals surface area (Å²) in [7, 11) is 0. The fourth-order valence-electron chi connectivity index (χ4n) is 2.62. The second kappa shape index (κ2) is 16.8. The van der Waals surface area contributed by atoms with E-state index in [0.717, 1.165) is 12.8 Å². The van der Waals surface area contributed by atoms with Gasteiger partial charge in [0.1, 0.15) is 6.10 Å². The van der Waals surface area contributed by atoms with Crippen LogP contribution in [0.25, 0.3) is 0 Å². The van der Waals surface area contributed by atoms with E-state index in [1.54, 1.807) is 0 Å². The summed E-state index contributed by atoms with van der Waals surface area (Å²) >= 11 is 0. The Morgan fingerprint density at radius 1 is 0.818 bits per heavy atom. The van der Waals surface area contributed by atoms with Crippen molar-refractivity contribution in [3.05, 3.63) is 0 Å². The molecule has 0 fully saturated rings. The van der Waals surface area contributed by atoms with Crippen molar-refractivity contribution in [3.63, 3.8) is 0 Å². The fourth-order valence-corrected chi connectivity index (χ4v) is 2.62. The van der Waals surface area contributed by atoms with Crippen LogP contribution in [0.3, 0.4) is 0 Å². The van der Waals surface area contributed by atoms with Crippen LogP contribution in [0.2, 0.25) is 0 Å². The molecule has 0 aromatic rings. The third kappa shape index (κ3) is 15.8. The summed E-state index contributed by atoms with van der Waals surface area (Å²) in [6.07, 6.45) is 17.6. The molecule has 0 radical (unpaired) electrons. The molecule has 0 aromatic carbocycles. The summed E-state index contributed by atoms with van der Waals surface area (Å²) < 4.78 is 5.14. The molecule has 3 heteroatoms. The second-order valence-corrected chi connectivity index (χ2v) is 6.53. The summed E-state index contributed by atoms with van der Waals surface area (Å²) in [5, 5.41) is 0. The molecule has 0 bridgehead atoms. The number of hydrogen-bond donors (Lipinski definition) is 1. The number of ether oxygens (including phenoxy) is 1. The normalized spacial score (nSPS) is 12.3. The van der Waals surface area contributed by atoms with E-state index in [1.165, 1.54) is 70.6 Å². The molecule has 1 atom stereocenters. The lowest BCUT2D eigenvalue weighted by atomic mass is 10.0. The predicted molar refractivity (Wildman–Crippen MR) is 94.9 cm³/mol. The third-order valence-electron chi connectivity index (χ3n) is 4.15. The van der Waals surface area contributed by atoms with E-state index in [-0.39, 0.29) is 12.1 Å². The zero-order valence-electron chi connectivity index (χ0n) is 15.1. The van der Waals surface area contributed by atoms with Crippen molar-refractivity contribution >= 4 is 5.97 Å². The Kier molecular flexibility index (Phi) is 16.4. The van der Waals surface area contributed by atoms with Gasteiger partial charge in [0.25, 0.3) is 0 Å². The highest BCUT2D eigenvalue weighted by molar-refractivity contribution is 5.69. The maximum atomic E-state index is 11.4. The van der Waals surface area contributed by atoms with E-state index in [9.17, 15) is 4.79 Å². The van der Waals surface area contributed by atoms with Gasteiger partial charge in [0.15, 0.2) is 0 Å². The van der Waals surface area contributed by atoms with Gasteiger partial charge in [0.05, 0.1) is 0 Å². The molecule has 0 aliphatic heterocycles. The van der Waals surface area contributed by atoms with Gasteiger partial charge in [-0.05, 0) is 13.3 Å². The van der Waals surface area contributed by atoms with Crippen LogP contribution in [0.4, 0.5) is 0 Å². The van der Waals surface area contributed by atoms with E-state index in [1.807, 2.05) is 6.92 Å². The standard InChI is InChI=1S/C19H39NO2/c1-3-4-5-6-7-8-9-10-11-12-13-14-15-16-19(21)22-18(2)17-20/h18H,3-17,20H2,1-2H3. The zero-order chi connectivity index (χ0) is 16.5. The highest BCUT2D eigenvalue weighted by Crippen LogP contribution is 2.13. The first-order chi connectivity index (χ1) is 10.7. The van der Waals surface area contributed by atoms with Gasteiger partial charge >= 0.3 is 5.97 Å². The topological polar surface area (TPSA) is 52.3 Å². The number of hydrogen-bond acceptors (Lipinski definition) is 3. The number of carbonyl (C=O) groups is 1. The van der Waals surface area contributed by atoms with Crippen LogP contribution in [0.15, 0.2) is 0 Å². The Labute approximate surface area is 138 Å². The summed E-state index contributed by atoms with van der Waals surface area (Å²) in [5.74, 6) is -0.0963. The first kappa shape index (κ1) is 21.4. The Bertz CT molecular complexity index is 244. The highest BCUT2D eigenvalue weighted by Gasteiger charge is 2.06. The van der Waals surface area contributed by atoms with E-state index in [4.69, 9.17) is 10.5 Å². The van der Waals surface area contributed by atoms with Crippen LogP contribution in [0, 0.1) is 0 Å². The molecule has 132 valence electrons. The average Bonchev–Trinajstić information content (AvgIpc) is 2.51. The first-order valence-corrected chi connectivity index (χ1v) is 9.60. The smallest absolute Gasteiger partial charge is 0.306 e. The third-order valence-corrected chi connectivity index (χ3v) is 4.15. The lowest BCUT2D eigenvalue weighted by molar-refractivity contribution is -0.147. The molecule has 0 spiro atoms. The molecule has 0 heterocycles. The molecule has 0 saturated carbocycles. The monoisotopic (exact) mass is 313 g/mol. The molecular formula is C19H39NO2. The Balaban J connectivity index is 3.12. The minimum Gasteiger partial charge on any atom is -0.461 e. The lowest BCUT2D eigenvalue weighted by Gasteiger charge is -2.10. The van der Waals surface area contributed by atoms with Crippen molar-refractivity contribution in [1.82, 2.24) is 0 Å². The van der Waals surface area contributed by atoms with Gasteiger partial charge in [-0.2, -0.15) is 0 Å². The van der Waals surface area contributed by atoms with Crippen LogP contribution in [0.1, 0.15) is 104 Å². The largest absolute Gasteiger partial charge is 0.461 e. The van der Waals surface area contributed by atoms with E-state index in [2.05, 4.69) is 6.92 Å². The lowest BCUT2D eigenvalue weighted by Crippen LogP contribution is -2.23. The number of unbranched alkanes of at least 4 members (excludes halogenated alkanes) is 12. The quantitative estimate of drug-likeness (QED) is 0.308. The van der Waals surface area contributed by atoms with Crippen LogP contribution >= 0.6 is 0 Å². The summed E-state index contributed by atoms with van der Waals surface area (Å²) in [5.41, 5.74) is 5.42. The van der Waals surface area contributed by atoms with Crippen LogP contribution in [-0.4, -0.2) is 18.6 Å². The number of esters is 1. The number of carbonyl (C=O) groups excluding carboxylic acids is 1. The van der Waals surface area contributed by atoms with Crippen molar-refractivity contribution in [2.75, 3.05) is 6.54 Å². The van der Waals surface area contributed by atoms with Crippen LogP contribution in [-0.2, 0) is 9.53 Å². The van der Waals surface area contributed by atoms with Crippen molar-refractivity contribution in [2.45, 2.75) is 110 Å². The fraction of sp³-hybridized carbons (Fsp3) is 0.947. The van der Waals surface area contributed by atoms with Crippen LogP contribution < -0.4 is 5.73 Å². The second-order valence-electron chi connectivity index (χ2n) is 6.53. The molecular weight excluding hydrogens is 274 g/mol. The van der Waals surface area contributed by atoms with E-state index >= 15 is 0 Å². The SMILES string of the molecule is CCCCCCCCCCCCCCCC(=O)OC(C)CN. The Hall–Kier alpha value is -0.570.